The largest absolute Gasteiger partial charge is 0.355 e. The van der Waals surface area contributed by atoms with Crippen molar-refractivity contribution in [3.63, 3.8) is 0 Å². The van der Waals surface area contributed by atoms with Crippen molar-refractivity contribution in [2.75, 3.05) is 18.8 Å². The molecule has 0 aromatic heterocycles. The summed E-state index contributed by atoms with van der Waals surface area (Å²) in [7, 11) is 0. The lowest BCUT2D eigenvalue weighted by molar-refractivity contribution is -0.118. The van der Waals surface area contributed by atoms with E-state index in [0.29, 0.717) is 11.7 Å². The molecule has 0 aliphatic carbocycles. The first-order chi connectivity index (χ1) is 9.61. The van der Waals surface area contributed by atoms with E-state index in [-0.39, 0.29) is 5.91 Å². The van der Waals surface area contributed by atoms with E-state index in [1.54, 1.807) is 11.8 Å². The van der Waals surface area contributed by atoms with Gasteiger partial charge in [-0.1, -0.05) is 32.9 Å². The summed E-state index contributed by atoms with van der Waals surface area (Å²) in [6.45, 7) is 9.13. The maximum absolute atomic E-state index is 11.6. The predicted molar refractivity (Wildman–Crippen MR) is 87.0 cm³/mol. The molecule has 4 heteroatoms. The van der Waals surface area contributed by atoms with E-state index in [9.17, 15) is 4.79 Å². The maximum atomic E-state index is 11.6. The quantitative estimate of drug-likeness (QED) is 0.688. The summed E-state index contributed by atoms with van der Waals surface area (Å²) in [6, 6.07) is 8.39. The first kappa shape index (κ1) is 17.1. The Morgan fingerprint density at radius 2 is 2.15 bits per heavy atom. The van der Waals surface area contributed by atoms with Gasteiger partial charge in [0.15, 0.2) is 0 Å². The summed E-state index contributed by atoms with van der Waals surface area (Å²) in [6.07, 6.45) is 0.980. The third-order valence-corrected chi connectivity index (χ3v) is 3.72. The molecule has 0 aliphatic rings. The van der Waals surface area contributed by atoms with Crippen molar-refractivity contribution >= 4 is 17.7 Å². The molecule has 0 spiro atoms. The standard InChI is InChI=1S/C16H26N2OS/c1-4-8-18-16(19)12-20-15-7-5-6-14(9-15)11-17-10-13(2)3/h5-7,9,13,17H,4,8,10-12H2,1-3H3,(H,18,19). The lowest BCUT2D eigenvalue weighted by atomic mass is 10.2. The van der Waals surface area contributed by atoms with Crippen LogP contribution in [0.15, 0.2) is 29.2 Å². The van der Waals surface area contributed by atoms with Gasteiger partial charge in [-0.15, -0.1) is 11.8 Å². The zero-order valence-electron chi connectivity index (χ0n) is 12.7. The predicted octanol–water partition coefficient (Wildman–Crippen LogP) is 3.05. The van der Waals surface area contributed by atoms with Gasteiger partial charge in [-0.25, -0.2) is 0 Å². The summed E-state index contributed by atoms with van der Waals surface area (Å²) in [5, 5.41) is 6.32. The van der Waals surface area contributed by atoms with Crippen molar-refractivity contribution in [3.05, 3.63) is 29.8 Å². The van der Waals surface area contributed by atoms with Crippen LogP contribution in [-0.2, 0) is 11.3 Å². The van der Waals surface area contributed by atoms with Crippen molar-refractivity contribution in [1.29, 1.82) is 0 Å². The molecular weight excluding hydrogens is 268 g/mol. The van der Waals surface area contributed by atoms with Gasteiger partial charge >= 0.3 is 0 Å². The lowest BCUT2D eigenvalue weighted by Gasteiger charge is -2.09. The molecule has 1 rings (SSSR count). The lowest BCUT2D eigenvalue weighted by Crippen LogP contribution is -2.25. The molecular formula is C16H26N2OS. The van der Waals surface area contributed by atoms with Crippen molar-refractivity contribution in [3.8, 4) is 0 Å². The highest BCUT2D eigenvalue weighted by Crippen LogP contribution is 2.18. The van der Waals surface area contributed by atoms with E-state index in [0.717, 1.165) is 31.0 Å². The van der Waals surface area contributed by atoms with Gasteiger partial charge in [0, 0.05) is 18.0 Å². The number of hydrogen-bond donors (Lipinski definition) is 2. The first-order valence-electron chi connectivity index (χ1n) is 7.31. The van der Waals surface area contributed by atoms with Gasteiger partial charge in [-0.3, -0.25) is 4.79 Å². The van der Waals surface area contributed by atoms with E-state index in [2.05, 4.69) is 55.7 Å². The second-order valence-electron chi connectivity index (χ2n) is 5.31. The second-order valence-corrected chi connectivity index (χ2v) is 6.36. The fourth-order valence-electron chi connectivity index (χ4n) is 1.71. The summed E-state index contributed by atoms with van der Waals surface area (Å²) < 4.78 is 0. The second kappa shape index (κ2) is 9.83. The number of benzene rings is 1. The van der Waals surface area contributed by atoms with Gasteiger partial charge < -0.3 is 10.6 Å². The Morgan fingerprint density at radius 1 is 1.35 bits per heavy atom. The van der Waals surface area contributed by atoms with Gasteiger partial charge in [-0.2, -0.15) is 0 Å². The normalized spacial score (nSPS) is 10.8. The topological polar surface area (TPSA) is 41.1 Å². The molecule has 0 aliphatic heterocycles. The monoisotopic (exact) mass is 294 g/mol. The van der Waals surface area contributed by atoms with Gasteiger partial charge in [0.2, 0.25) is 5.91 Å². The van der Waals surface area contributed by atoms with Crippen LogP contribution < -0.4 is 10.6 Å². The molecule has 112 valence electrons. The average molecular weight is 294 g/mol. The van der Waals surface area contributed by atoms with Crippen LogP contribution in [0.5, 0.6) is 0 Å². The summed E-state index contributed by atoms with van der Waals surface area (Å²) in [5.41, 5.74) is 1.27. The first-order valence-corrected chi connectivity index (χ1v) is 8.29. The highest BCUT2D eigenvalue weighted by molar-refractivity contribution is 8.00. The van der Waals surface area contributed by atoms with Crippen molar-refractivity contribution < 1.29 is 4.79 Å². The number of carbonyl (C=O) groups is 1. The Bertz CT molecular complexity index is 407. The SMILES string of the molecule is CCCNC(=O)CSc1cccc(CNCC(C)C)c1. The Kier molecular flexibility index (Phi) is 8.38. The Balaban J connectivity index is 2.37. The van der Waals surface area contributed by atoms with Crippen LogP contribution >= 0.6 is 11.8 Å². The maximum Gasteiger partial charge on any atom is 0.230 e. The summed E-state index contributed by atoms with van der Waals surface area (Å²) in [4.78, 5) is 12.7. The minimum absolute atomic E-state index is 0.111. The van der Waals surface area contributed by atoms with Gasteiger partial charge in [0.25, 0.3) is 0 Å². The van der Waals surface area contributed by atoms with Crippen molar-refractivity contribution in [2.45, 2.75) is 38.6 Å². The van der Waals surface area contributed by atoms with E-state index in [1.807, 2.05) is 0 Å². The molecule has 1 aromatic carbocycles. The number of hydrogen-bond acceptors (Lipinski definition) is 3. The van der Waals surface area contributed by atoms with Crippen LogP contribution in [-0.4, -0.2) is 24.7 Å². The smallest absolute Gasteiger partial charge is 0.230 e. The molecule has 0 atom stereocenters. The molecule has 20 heavy (non-hydrogen) atoms. The number of nitrogens with one attached hydrogen (secondary N) is 2. The number of rotatable bonds is 9. The summed E-state index contributed by atoms with van der Waals surface area (Å²) >= 11 is 1.59. The number of thioether (sulfide) groups is 1. The minimum atomic E-state index is 0.111. The van der Waals surface area contributed by atoms with Gasteiger partial charge in [0.1, 0.15) is 0 Å². The Morgan fingerprint density at radius 3 is 2.85 bits per heavy atom. The minimum Gasteiger partial charge on any atom is -0.355 e. The fourth-order valence-corrected chi connectivity index (χ4v) is 2.52. The van der Waals surface area contributed by atoms with Crippen LogP contribution in [0.1, 0.15) is 32.8 Å². The molecule has 1 aromatic rings. The molecule has 0 saturated heterocycles. The number of amides is 1. The molecule has 1 amide bonds. The molecule has 3 nitrogen and oxygen atoms in total. The Hall–Kier alpha value is -1.00. The third-order valence-electron chi connectivity index (χ3n) is 2.72. The average Bonchev–Trinajstić information content (AvgIpc) is 2.43. The third kappa shape index (κ3) is 7.56. The highest BCUT2D eigenvalue weighted by atomic mass is 32.2. The molecule has 0 bridgehead atoms. The van der Waals surface area contributed by atoms with Crippen LogP contribution in [0.4, 0.5) is 0 Å². The van der Waals surface area contributed by atoms with E-state index < -0.39 is 0 Å². The van der Waals surface area contributed by atoms with E-state index in [1.165, 1.54) is 5.56 Å². The molecule has 2 N–H and O–H groups in total. The molecule has 0 radical (unpaired) electrons. The van der Waals surface area contributed by atoms with Crippen LogP contribution in [0.2, 0.25) is 0 Å². The molecule has 0 fully saturated rings. The Labute approximate surface area is 126 Å². The van der Waals surface area contributed by atoms with Gasteiger partial charge in [0.05, 0.1) is 5.75 Å². The highest BCUT2D eigenvalue weighted by Gasteiger charge is 2.03. The zero-order chi connectivity index (χ0) is 14.8. The molecule has 0 saturated carbocycles. The zero-order valence-corrected chi connectivity index (χ0v) is 13.6. The van der Waals surface area contributed by atoms with Crippen LogP contribution in [0, 0.1) is 5.92 Å². The van der Waals surface area contributed by atoms with Crippen molar-refractivity contribution in [2.24, 2.45) is 5.92 Å². The molecule has 0 unspecified atom stereocenters. The van der Waals surface area contributed by atoms with E-state index in [4.69, 9.17) is 0 Å². The van der Waals surface area contributed by atoms with Crippen LogP contribution in [0.3, 0.4) is 0 Å². The molecule has 0 heterocycles. The summed E-state index contributed by atoms with van der Waals surface area (Å²) in [5.74, 6) is 1.26. The van der Waals surface area contributed by atoms with Crippen molar-refractivity contribution in [1.82, 2.24) is 10.6 Å². The van der Waals surface area contributed by atoms with Crippen LogP contribution in [0.25, 0.3) is 0 Å². The number of carbonyl (C=O) groups excluding carboxylic acids is 1. The van der Waals surface area contributed by atoms with E-state index >= 15 is 0 Å². The van der Waals surface area contributed by atoms with Gasteiger partial charge in [-0.05, 0) is 36.6 Å². The fraction of sp³-hybridized carbons (Fsp3) is 0.562.